The van der Waals surface area contributed by atoms with Crippen molar-refractivity contribution < 1.29 is 4.79 Å². The van der Waals surface area contributed by atoms with Crippen molar-refractivity contribution in [2.75, 3.05) is 42.9 Å². The topological polar surface area (TPSA) is 61.6 Å². The molecule has 0 unspecified atom stereocenters. The average molecular weight is 338 g/mol. The maximum absolute atomic E-state index is 12.1. The van der Waals surface area contributed by atoms with Gasteiger partial charge in [-0.15, -0.1) is 0 Å². The molecule has 25 heavy (non-hydrogen) atoms. The van der Waals surface area contributed by atoms with Crippen LogP contribution in [0.15, 0.2) is 54.6 Å². The molecular formula is C20H26N4O. The highest BCUT2D eigenvalue weighted by molar-refractivity contribution is 5.90. The molecular weight excluding hydrogens is 312 g/mol. The van der Waals surface area contributed by atoms with E-state index in [4.69, 9.17) is 5.73 Å². The second-order valence-corrected chi connectivity index (χ2v) is 6.36. The molecule has 1 heterocycles. The van der Waals surface area contributed by atoms with Crippen molar-refractivity contribution in [3.05, 3.63) is 60.2 Å². The van der Waals surface area contributed by atoms with Crippen molar-refractivity contribution in [3.8, 4) is 0 Å². The largest absolute Gasteiger partial charge is 0.369 e. The number of hydrogen-bond acceptors (Lipinski definition) is 4. The minimum absolute atomic E-state index is 0.0611. The van der Waals surface area contributed by atoms with Crippen LogP contribution in [0.25, 0.3) is 0 Å². The third-order valence-corrected chi connectivity index (χ3v) is 4.62. The number of nitrogens with two attached hydrogens (primary N) is 1. The molecule has 1 fully saturated rings. The number of benzene rings is 2. The highest BCUT2D eigenvalue weighted by atomic mass is 16.1. The van der Waals surface area contributed by atoms with E-state index in [0.29, 0.717) is 13.0 Å². The van der Waals surface area contributed by atoms with Crippen molar-refractivity contribution in [2.45, 2.75) is 13.0 Å². The molecule has 0 saturated carbocycles. The van der Waals surface area contributed by atoms with E-state index in [1.165, 1.54) is 5.69 Å². The summed E-state index contributed by atoms with van der Waals surface area (Å²) >= 11 is 0. The molecule has 5 nitrogen and oxygen atoms in total. The van der Waals surface area contributed by atoms with E-state index < -0.39 is 0 Å². The lowest BCUT2D eigenvalue weighted by Gasteiger charge is -2.36. The fraction of sp³-hybridized carbons (Fsp3) is 0.350. The zero-order chi connectivity index (χ0) is 17.5. The third-order valence-electron chi connectivity index (χ3n) is 4.62. The van der Waals surface area contributed by atoms with Crippen LogP contribution >= 0.6 is 0 Å². The minimum atomic E-state index is 0.0611. The first-order valence-corrected chi connectivity index (χ1v) is 8.86. The highest BCUT2D eigenvalue weighted by Crippen LogP contribution is 2.15. The lowest BCUT2D eigenvalue weighted by molar-refractivity contribution is -0.116. The molecule has 1 aliphatic heterocycles. The van der Waals surface area contributed by atoms with Crippen molar-refractivity contribution >= 4 is 17.3 Å². The molecule has 1 saturated heterocycles. The van der Waals surface area contributed by atoms with Crippen LogP contribution in [0.2, 0.25) is 0 Å². The second kappa shape index (κ2) is 8.65. The van der Waals surface area contributed by atoms with Crippen LogP contribution in [0.4, 0.5) is 11.4 Å². The summed E-state index contributed by atoms with van der Waals surface area (Å²) in [5.41, 5.74) is 8.75. The Labute approximate surface area is 149 Å². The van der Waals surface area contributed by atoms with E-state index in [1.54, 1.807) is 0 Å². The lowest BCUT2D eigenvalue weighted by Crippen LogP contribution is -2.47. The Morgan fingerprint density at radius 2 is 1.64 bits per heavy atom. The van der Waals surface area contributed by atoms with Gasteiger partial charge in [-0.3, -0.25) is 9.69 Å². The number of nitrogens with zero attached hydrogens (tertiary/aromatic N) is 2. The van der Waals surface area contributed by atoms with Crippen LogP contribution < -0.4 is 16.0 Å². The smallest absolute Gasteiger partial charge is 0.225 e. The molecule has 0 aromatic heterocycles. The molecule has 2 aromatic carbocycles. The Morgan fingerprint density at radius 1 is 0.960 bits per heavy atom. The van der Waals surface area contributed by atoms with Crippen LogP contribution in [0.3, 0.4) is 0 Å². The van der Waals surface area contributed by atoms with Gasteiger partial charge in [-0.25, -0.2) is 0 Å². The normalized spacial score (nSPS) is 15.2. The van der Waals surface area contributed by atoms with Crippen LogP contribution in [0, 0.1) is 0 Å². The summed E-state index contributed by atoms with van der Waals surface area (Å²) in [7, 11) is 0. The number of rotatable bonds is 6. The first-order chi connectivity index (χ1) is 12.2. The lowest BCUT2D eigenvalue weighted by atomic mass is 10.2. The summed E-state index contributed by atoms with van der Waals surface area (Å²) in [6.07, 6.45) is 0.518. The number of amides is 1. The molecule has 0 spiro atoms. The first-order valence-electron chi connectivity index (χ1n) is 8.86. The number of piperazine rings is 1. The quantitative estimate of drug-likeness (QED) is 0.848. The Kier molecular flexibility index (Phi) is 6.04. The Bertz CT molecular complexity index is 664. The number of carbonyl (C=O) groups is 1. The molecule has 0 bridgehead atoms. The van der Waals surface area contributed by atoms with Crippen LogP contribution in [-0.4, -0.2) is 43.5 Å². The molecule has 1 aliphatic rings. The molecule has 5 heteroatoms. The van der Waals surface area contributed by atoms with Crippen LogP contribution in [-0.2, 0) is 11.3 Å². The van der Waals surface area contributed by atoms with Gasteiger partial charge in [-0.05, 0) is 29.8 Å². The summed E-state index contributed by atoms with van der Waals surface area (Å²) in [6.45, 7) is 5.32. The molecule has 3 N–H and O–H groups in total. The highest BCUT2D eigenvalue weighted by Gasteiger charge is 2.17. The van der Waals surface area contributed by atoms with Crippen LogP contribution in [0.5, 0.6) is 0 Å². The summed E-state index contributed by atoms with van der Waals surface area (Å²) in [6, 6.07) is 18.2. The van der Waals surface area contributed by atoms with E-state index >= 15 is 0 Å². The Morgan fingerprint density at radius 3 is 2.28 bits per heavy atom. The van der Waals surface area contributed by atoms with E-state index in [0.717, 1.165) is 44.0 Å². The fourth-order valence-corrected chi connectivity index (χ4v) is 3.08. The zero-order valence-electron chi connectivity index (χ0n) is 14.5. The molecule has 0 aliphatic carbocycles. The number of para-hydroxylation sites is 1. The molecule has 2 aromatic rings. The predicted octanol–water partition coefficient (Wildman–Crippen LogP) is 2.30. The van der Waals surface area contributed by atoms with E-state index in [9.17, 15) is 4.79 Å². The summed E-state index contributed by atoms with van der Waals surface area (Å²) in [5, 5.41) is 2.95. The maximum atomic E-state index is 12.1. The standard InChI is InChI=1S/C20H26N4O/c21-16-17-6-8-18(9-7-17)22-20(25)10-11-23-12-14-24(15-13-23)19-4-2-1-3-5-19/h1-9H,10-16,21H2,(H,22,25). The summed E-state index contributed by atoms with van der Waals surface area (Å²) in [5.74, 6) is 0.0611. The predicted molar refractivity (Wildman–Crippen MR) is 103 cm³/mol. The summed E-state index contributed by atoms with van der Waals surface area (Å²) < 4.78 is 0. The Hall–Kier alpha value is -2.37. The monoisotopic (exact) mass is 338 g/mol. The van der Waals surface area contributed by atoms with Crippen molar-refractivity contribution in [1.82, 2.24) is 4.90 Å². The van der Waals surface area contributed by atoms with Gasteiger partial charge in [0.25, 0.3) is 0 Å². The van der Waals surface area contributed by atoms with Gasteiger partial charge in [-0.2, -0.15) is 0 Å². The van der Waals surface area contributed by atoms with Gasteiger partial charge in [0.2, 0.25) is 5.91 Å². The minimum Gasteiger partial charge on any atom is -0.369 e. The van der Waals surface area contributed by atoms with Crippen molar-refractivity contribution in [3.63, 3.8) is 0 Å². The van der Waals surface area contributed by atoms with E-state index in [1.807, 2.05) is 30.3 Å². The first kappa shape index (κ1) is 17.5. The van der Waals surface area contributed by atoms with Crippen LogP contribution in [0.1, 0.15) is 12.0 Å². The number of nitrogens with one attached hydrogen (secondary N) is 1. The van der Waals surface area contributed by atoms with Gasteiger partial charge < -0.3 is 16.0 Å². The molecule has 3 rings (SSSR count). The number of hydrogen-bond donors (Lipinski definition) is 2. The SMILES string of the molecule is NCc1ccc(NC(=O)CCN2CCN(c3ccccc3)CC2)cc1. The molecule has 0 radical (unpaired) electrons. The maximum Gasteiger partial charge on any atom is 0.225 e. The average Bonchev–Trinajstić information content (AvgIpc) is 2.68. The van der Waals surface area contributed by atoms with E-state index in [-0.39, 0.29) is 5.91 Å². The second-order valence-electron chi connectivity index (χ2n) is 6.36. The number of carbonyl (C=O) groups excluding carboxylic acids is 1. The van der Waals surface area contributed by atoms with Gasteiger partial charge in [0.15, 0.2) is 0 Å². The third kappa shape index (κ3) is 5.05. The molecule has 1 amide bonds. The summed E-state index contributed by atoms with van der Waals surface area (Å²) in [4.78, 5) is 16.9. The van der Waals surface area contributed by atoms with Gasteiger partial charge in [0.05, 0.1) is 0 Å². The van der Waals surface area contributed by atoms with Crippen molar-refractivity contribution in [2.24, 2.45) is 5.73 Å². The van der Waals surface area contributed by atoms with Gasteiger partial charge in [0, 0.05) is 57.1 Å². The number of anilines is 2. The zero-order valence-corrected chi connectivity index (χ0v) is 14.5. The van der Waals surface area contributed by atoms with Gasteiger partial charge >= 0.3 is 0 Å². The van der Waals surface area contributed by atoms with Gasteiger partial charge in [-0.1, -0.05) is 30.3 Å². The van der Waals surface area contributed by atoms with Gasteiger partial charge in [0.1, 0.15) is 0 Å². The molecule has 0 atom stereocenters. The molecule has 132 valence electrons. The van der Waals surface area contributed by atoms with Crippen molar-refractivity contribution in [1.29, 1.82) is 0 Å². The van der Waals surface area contributed by atoms with E-state index in [2.05, 4.69) is 39.4 Å². The Balaban J connectivity index is 1.39. The fourth-order valence-electron chi connectivity index (χ4n) is 3.08.